The van der Waals surface area contributed by atoms with Gasteiger partial charge in [0.2, 0.25) is 0 Å². The first-order valence-electron chi connectivity index (χ1n) is 0.548. The number of hydrogen-bond acceptors (Lipinski definition) is 3. The Bertz CT molecular complexity index is 33.8. The minimum atomic E-state index is -1.75. The molecule has 32 valence electrons. The van der Waals surface area contributed by atoms with Gasteiger partial charge < -0.3 is 15.3 Å². The van der Waals surface area contributed by atoms with Crippen molar-refractivity contribution in [3.05, 3.63) is 15.3 Å². The minimum Gasteiger partial charge on any atom is -0.356 e. The van der Waals surface area contributed by atoms with E-state index in [-0.39, 0.29) is 63.9 Å². The van der Waals surface area contributed by atoms with Crippen LogP contribution < -0.4 is 0 Å². The average Bonchev–Trinajstić information content (AvgIpc) is 0.811. The van der Waals surface area contributed by atoms with Crippen LogP contribution in [-0.2, 0) is 0 Å². The molecule has 0 heterocycles. The summed E-state index contributed by atoms with van der Waals surface area (Å²) in [4.78, 5) is 8.25. The Balaban J connectivity index is -0.0000000450. The summed E-state index contributed by atoms with van der Waals surface area (Å²) in [5, 5.41) is 14.8. The number of hydrogen-bond donors (Lipinski definition) is 0. The van der Waals surface area contributed by atoms with Crippen LogP contribution in [0.2, 0.25) is 0 Å². The van der Waals surface area contributed by atoms with Crippen LogP contribution in [0.4, 0.5) is 0 Å². The summed E-state index contributed by atoms with van der Waals surface area (Å²) in [7, 11) is 0. The van der Waals surface area contributed by atoms with Crippen LogP contribution in [0, 0.1) is 56.2 Å². The Labute approximate surface area is 83.1 Å². The van der Waals surface area contributed by atoms with Crippen molar-refractivity contribution in [3.8, 4) is 0 Å². The second-order valence-electron chi connectivity index (χ2n) is 0.224. The topological polar surface area (TPSA) is 66.2 Å². The van der Waals surface area contributed by atoms with Crippen molar-refractivity contribution in [2.24, 2.45) is 0 Å². The maximum atomic E-state index is 8.25. The number of rotatable bonds is 0. The van der Waals surface area contributed by atoms with Crippen LogP contribution in [0.25, 0.3) is 0 Å². The minimum absolute atomic E-state index is 0. The maximum Gasteiger partial charge on any atom is 0.316 e. The van der Waals surface area contributed by atoms with E-state index in [4.69, 9.17) is 15.3 Å². The van der Waals surface area contributed by atoms with E-state index in [0.29, 0.717) is 0 Å². The molecule has 0 aliphatic rings. The summed E-state index contributed by atoms with van der Waals surface area (Å²) in [5.41, 5.74) is 0. The summed E-state index contributed by atoms with van der Waals surface area (Å²) < 4.78 is 0. The molecule has 0 radical (unpaired) electrons. The van der Waals surface area contributed by atoms with Gasteiger partial charge in [0, 0.05) is 40.8 Å². The van der Waals surface area contributed by atoms with E-state index in [1.54, 1.807) is 0 Å². The molecule has 0 amide bonds. The molecule has 0 bridgehead atoms. The maximum absolute atomic E-state index is 8.25. The van der Waals surface area contributed by atoms with Crippen molar-refractivity contribution in [1.82, 2.24) is 0 Å². The third-order valence-corrected chi connectivity index (χ3v) is 0. The first kappa shape index (κ1) is 15.7. The molecule has 0 N–H and O–H groups in total. The second-order valence-corrected chi connectivity index (χ2v) is 0.224. The summed E-state index contributed by atoms with van der Waals surface area (Å²) in [6.45, 7) is 0. The second kappa shape index (κ2) is 9.58. The summed E-state index contributed by atoms with van der Waals surface area (Å²) in [6, 6.07) is 0. The molecule has 4 nitrogen and oxygen atoms in total. The van der Waals surface area contributed by atoms with Gasteiger partial charge in [-0.25, -0.2) is 0 Å². The molecule has 0 aromatic rings. The van der Waals surface area contributed by atoms with Gasteiger partial charge in [0.05, 0.1) is 5.09 Å². The molecule has 0 atom stereocenters. The predicted molar refractivity (Wildman–Crippen MR) is 18.9 cm³/mol. The summed E-state index contributed by atoms with van der Waals surface area (Å²) >= 11 is 0. The van der Waals surface area contributed by atoms with Crippen LogP contribution >= 0.6 is 0 Å². The van der Waals surface area contributed by atoms with E-state index in [9.17, 15) is 0 Å². The van der Waals surface area contributed by atoms with Crippen molar-refractivity contribution in [3.63, 3.8) is 0 Å². The first-order valence-corrected chi connectivity index (χ1v) is 0.548. The normalized spacial score (nSPS) is 4.00. The van der Waals surface area contributed by atoms with E-state index < -0.39 is 5.09 Å². The molecular weight excluding hydrogens is 231 g/mol. The molecule has 6 heteroatoms. The zero-order valence-electron chi connectivity index (χ0n) is 2.17. The van der Waals surface area contributed by atoms with Gasteiger partial charge in [-0.1, -0.05) is 0 Å². The van der Waals surface area contributed by atoms with E-state index >= 15 is 0 Å². The van der Waals surface area contributed by atoms with Gasteiger partial charge in [-0.05, 0) is 0 Å². The van der Waals surface area contributed by atoms with E-state index in [2.05, 4.69) is 0 Å². The first-order chi connectivity index (χ1) is 1.73. The fourth-order valence-electron chi connectivity index (χ4n) is 0. The summed E-state index contributed by atoms with van der Waals surface area (Å²) in [5.74, 6) is 0. The molecule has 0 aliphatic carbocycles. The molecule has 0 aromatic carbocycles. The van der Waals surface area contributed by atoms with Crippen LogP contribution in [0.5, 0.6) is 0 Å². The quantitative estimate of drug-likeness (QED) is 0.301. The van der Waals surface area contributed by atoms with Gasteiger partial charge in [0.25, 0.3) is 0 Å². The zero-order chi connectivity index (χ0) is 3.58. The van der Waals surface area contributed by atoms with E-state index in [1.165, 1.54) is 0 Å². The van der Waals surface area contributed by atoms with E-state index in [1.807, 2.05) is 0 Å². The monoisotopic (exact) mass is 230 g/mol. The third-order valence-electron chi connectivity index (χ3n) is 0. The molecule has 0 rings (SSSR count). The van der Waals surface area contributed by atoms with Gasteiger partial charge in [0.15, 0.2) is 0 Å². The SMILES string of the molecule is O=[N+]([O-])[O-].[MgH2].[Nd]. The van der Waals surface area contributed by atoms with Crippen molar-refractivity contribution in [1.29, 1.82) is 0 Å². The molecule has 0 aromatic heterocycles. The van der Waals surface area contributed by atoms with Gasteiger partial charge in [-0.15, -0.1) is 0 Å². The van der Waals surface area contributed by atoms with Crippen molar-refractivity contribution >= 4 is 23.1 Å². The fraction of sp³-hybridized carbons (Fsp3) is 0. The van der Waals surface area contributed by atoms with Gasteiger partial charge in [-0.3, -0.25) is 0 Å². The Kier molecular flexibility index (Phi) is 25.0. The molecule has 0 aliphatic heterocycles. The zero-order valence-corrected chi connectivity index (χ0v) is 5.38. The molecule has 6 heavy (non-hydrogen) atoms. The molecule has 0 unspecified atom stereocenters. The summed E-state index contributed by atoms with van der Waals surface area (Å²) in [6.07, 6.45) is 0. The van der Waals surface area contributed by atoms with Gasteiger partial charge >= 0.3 is 23.1 Å². The number of nitrogens with zero attached hydrogens (tertiary/aromatic N) is 1. The average molecular weight is 233 g/mol. The molecule has 0 saturated carbocycles. The predicted octanol–water partition coefficient (Wildman–Crippen LogP) is -1.16. The Morgan fingerprint density at radius 2 is 1.33 bits per heavy atom. The van der Waals surface area contributed by atoms with Gasteiger partial charge in [0.1, 0.15) is 0 Å². The van der Waals surface area contributed by atoms with Gasteiger partial charge in [-0.2, -0.15) is 0 Å². The third kappa shape index (κ3) is 57.1. The van der Waals surface area contributed by atoms with Crippen molar-refractivity contribution in [2.45, 2.75) is 0 Å². The molecular formula is H2MgNNdO3-. The molecule has 0 saturated heterocycles. The van der Waals surface area contributed by atoms with E-state index in [0.717, 1.165) is 0 Å². The molecule has 0 spiro atoms. The molecule has 0 fully saturated rings. The largest absolute Gasteiger partial charge is 0.356 e. The standard InChI is InChI=1S/Mg.NO3.Nd.2H/c;2-1(3)4;;;/q;-1;;;. The Morgan fingerprint density at radius 1 is 1.33 bits per heavy atom. The van der Waals surface area contributed by atoms with Crippen molar-refractivity contribution in [2.75, 3.05) is 0 Å². The van der Waals surface area contributed by atoms with Crippen LogP contribution in [0.3, 0.4) is 0 Å². The van der Waals surface area contributed by atoms with Crippen LogP contribution in [0.1, 0.15) is 0 Å². The van der Waals surface area contributed by atoms with Crippen LogP contribution in [0.15, 0.2) is 0 Å². The smallest absolute Gasteiger partial charge is 0.316 e. The fourth-order valence-corrected chi connectivity index (χ4v) is 0. The van der Waals surface area contributed by atoms with Crippen molar-refractivity contribution < 1.29 is 45.9 Å². The van der Waals surface area contributed by atoms with Crippen LogP contribution in [-0.4, -0.2) is 28.1 Å². The Hall–Kier alpha value is 1.32. The Morgan fingerprint density at radius 3 is 1.33 bits per heavy atom.